The predicted molar refractivity (Wildman–Crippen MR) is 95.7 cm³/mol. The summed E-state index contributed by atoms with van der Waals surface area (Å²) in [7, 11) is 2.06. The lowest BCUT2D eigenvalue weighted by atomic mass is 10.0. The maximum Gasteiger partial charge on any atom is 0.246 e. The van der Waals surface area contributed by atoms with Gasteiger partial charge in [-0.05, 0) is 25.1 Å². The number of amides is 1. The molecule has 8 heteroatoms. The third kappa shape index (κ3) is 3.53. The van der Waals surface area contributed by atoms with Gasteiger partial charge in [0, 0.05) is 31.7 Å². The number of benzene rings is 1. The van der Waals surface area contributed by atoms with E-state index in [9.17, 15) is 4.79 Å². The molecule has 3 heterocycles. The summed E-state index contributed by atoms with van der Waals surface area (Å²) in [5.41, 5.74) is 2.14. The number of aromatic nitrogens is 2. The Morgan fingerprint density at radius 2 is 2.16 bits per heavy atom. The van der Waals surface area contributed by atoms with E-state index in [0.29, 0.717) is 24.7 Å². The number of anilines is 1. The van der Waals surface area contributed by atoms with Crippen LogP contribution in [0.2, 0.25) is 0 Å². The number of piperazine rings is 1. The van der Waals surface area contributed by atoms with E-state index in [1.165, 1.54) is 5.56 Å². The Hall–Kier alpha value is -1.96. The van der Waals surface area contributed by atoms with Gasteiger partial charge in [0.25, 0.3) is 0 Å². The lowest BCUT2D eigenvalue weighted by Gasteiger charge is -2.30. The van der Waals surface area contributed by atoms with Crippen LogP contribution in [0.5, 0.6) is 0 Å². The number of carbonyl (C=O) groups excluding carboxylic acids is 1. The number of carbonyl (C=O) groups is 1. The van der Waals surface area contributed by atoms with Crippen LogP contribution >= 0.6 is 12.4 Å². The molecule has 1 fully saturated rings. The maximum absolute atomic E-state index is 12.3. The van der Waals surface area contributed by atoms with Crippen molar-refractivity contribution in [1.29, 1.82) is 0 Å². The number of rotatable bonds is 3. The molecule has 2 aromatic rings. The van der Waals surface area contributed by atoms with E-state index in [0.717, 1.165) is 31.7 Å². The Bertz CT molecular complexity index is 750. The van der Waals surface area contributed by atoms with Crippen LogP contribution in [0.25, 0.3) is 0 Å². The van der Waals surface area contributed by atoms with E-state index in [-0.39, 0.29) is 24.4 Å². The van der Waals surface area contributed by atoms with Gasteiger partial charge in [0.2, 0.25) is 11.8 Å². The molecule has 1 N–H and O–H groups in total. The topological polar surface area (TPSA) is 74.5 Å². The minimum Gasteiger partial charge on any atom is -0.337 e. The maximum atomic E-state index is 12.3. The number of aryl methyl sites for hydroxylation is 1. The summed E-state index contributed by atoms with van der Waals surface area (Å²) < 4.78 is 5.42. The van der Waals surface area contributed by atoms with E-state index in [1.54, 1.807) is 4.90 Å². The first-order valence-corrected chi connectivity index (χ1v) is 8.34. The molecule has 1 amide bonds. The molecule has 25 heavy (non-hydrogen) atoms. The van der Waals surface area contributed by atoms with Crippen molar-refractivity contribution < 1.29 is 9.32 Å². The highest BCUT2D eigenvalue weighted by molar-refractivity contribution is 5.96. The van der Waals surface area contributed by atoms with Gasteiger partial charge in [0.05, 0.1) is 6.04 Å². The fourth-order valence-electron chi connectivity index (χ4n) is 3.37. The van der Waals surface area contributed by atoms with Crippen molar-refractivity contribution >= 4 is 24.0 Å². The summed E-state index contributed by atoms with van der Waals surface area (Å²) in [5, 5.41) is 7.48. The van der Waals surface area contributed by atoms with Gasteiger partial charge in [0.15, 0.2) is 5.82 Å². The standard InChI is InChI=1S/C17H21N5O2.ClH/c1-21-9-8-18-10-14(21)17-19-15(24-20-17)11-22-13-5-3-2-4-12(13)6-7-16(22)23;/h2-5,14,18H,6-11H2,1H3;1H. The summed E-state index contributed by atoms with van der Waals surface area (Å²) >= 11 is 0. The summed E-state index contributed by atoms with van der Waals surface area (Å²) in [4.78, 5) is 20.8. The van der Waals surface area contributed by atoms with E-state index < -0.39 is 0 Å². The molecule has 0 bridgehead atoms. The van der Waals surface area contributed by atoms with Gasteiger partial charge in [-0.3, -0.25) is 9.69 Å². The second kappa shape index (κ2) is 7.51. The zero-order valence-corrected chi connectivity index (χ0v) is 15.0. The fraction of sp³-hybridized carbons (Fsp3) is 0.471. The molecule has 0 aliphatic carbocycles. The quantitative estimate of drug-likeness (QED) is 0.891. The third-order valence-electron chi connectivity index (χ3n) is 4.78. The van der Waals surface area contributed by atoms with Crippen LogP contribution in [0.15, 0.2) is 28.8 Å². The molecule has 2 aliphatic heterocycles. The number of hydrogen-bond donors (Lipinski definition) is 1. The van der Waals surface area contributed by atoms with Crippen LogP contribution in [0.3, 0.4) is 0 Å². The number of likely N-dealkylation sites (N-methyl/N-ethyl adjacent to an activating group) is 1. The van der Waals surface area contributed by atoms with E-state index >= 15 is 0 Å². The summed E-state index contributed by atoms with van der Waals surface area (Å²) in [6.45, 7) is 3.05. The predicted octanol–water partition coefficient (Wildman–Crippen LogP) is 1.55. The molecule has 134 valence electrons. The van der Waals surface area contributed by atoms with Gasteiger partial charge in [-0.25, -0.2) is 0 Å². The molecule has 2 aliphatic rings. The lowest BCUT2D eigenvalue weighted by Crippen LogP contribution is -2.44. The van der Waals surface area contributed by atoms with E-state index in [4.69, 9.17) is 4.52 Å². The van der Waals surface area contributed by atoms with Gasteiger partial charge in [-0.15, -0.1) is 12.4 Å². The first kappa shape index (κ1) is 17.8. The third-order valence-corrected chi connectivity index (χ3v) is 4.78. The highest BCUT2D eigenvalue weighted by Gasteiger charge is 2.28. The van der Waals surface area contributed by atoms with E-state index in [2.05, 4.69) is 33.5 Å². The fourth-order valence-corrected chi connectivity index (χ4v) is 3.37. The van der Waals surface area contributed by atoms with Gasteiger partial charge >= 0.3 is 0 Å². The molecule has 1 aromatic carbocycles. The molecule has 0 radical (unpaired) electrons. The van der Waals surface area contributed by atoms with Crippen molar-refractivity contribution in [3.8, 4) is 0 Å². The van der Waals surface area contributed by atoms with Crippen LogP contribution in [-0.2, 0) is 17.8 Å². The number of halogens is 1. The molecular formula is C17H22ClN5O2. The molecule has 1 unspecified atom stereocenters. The van der Waals surface area contributed by atoms with Gasteiger partial charge in [-0.1, -0.05) is 23.4 Å². The van der Waals surface area contributed by atoms with E-state index in [1.807, 2.05) is 18.2 Å². The minimum atomic E-state index is 0. The molecule has 0 spiro atoms. The number of para-hydroxylation sites is 1. The molecule has 1 saturated heterocycles. The summed E-state index contributed by atoms with van der Waals surface area (Å²) in [5.74, 6) is 1.26. The van der Waals surface area contributed by atoms with Gasteiger partial charge in [0.1, 0.15) is 6.54 Å². The molecular weight excluding hydrogens is 342 g/mol. The Kier molecular flexibility index (Phi) is 5.36. The highest BCUT2D eigenvalue weighted by atomic mass is 35.5. The van der Waals surface area contributed by atoms with Crippen LogP contribution in [0.1, 0.15) is 29.7 Å². The first-order chi connectivity index (χ1) is 11.7. The normalized spacial score (nSPS) is 20.9. The largest absolute Gasteiger partial charge is 0.337 e. The average molecular weight is 364 g/mol. The minimum absolute atomic E-state index is 0. The SMILES string of the molecule is CN1CCNCC1c1noc(CN2C(=O)CCc3ccccc32)n1.Cl. The summed E-state index contributed by atoms with van der Waals surface area (Å²) in [6, 6.07) is 8.11. The molecule has 1 aromatic heterocycles. The smallest absolute Gasteiger partial charge is 0.246 e. The van der Waals surface area contributed by atoms with Crippen LogP contribution in [-0.4, -0.2) is 47.6 Å². The van der Waals surface area contributed by atoms with Crippen LogP contribution in [0.4, 0.5) is 5.69 Å². The highest BCUT2D eigenvalue weighted by Crippen LogP contribution is 2.29. The average Bonchev–Trinajstić information content (AvgIpc) is 3.06. The van der Waals surface area contributed by atoms with Crippen LogP contribution in [0, 0.1) is 0 Å². The van der Waals surface area contributed by atoms with Crippen LogP contribution < -0.4 is 10.2 Å². The van der Waals surface area contributed by atoms with Crippen molar-refractivity contribution in [1.82, 2.24) is 20.4 Å². The number of hydrogen-bond acceptors (Lipinski definition) is 6. The summed E-state index contributed by atoms with van der Waals surface area (Å²) in [6.07, 6.45) is 1.31. The second-order valence-corrected chi connectivity index (χ2v) is 6.36. The van der Waals surface area contributed by atoms with Crippen molar-refractivity contribution in [2.75, 3.05) is 31.6 Å². The zero-order chi connectivity index (χ0) is 16.5. The number of nitrogens with zero attached hydrogens (tertiary/aromatic N) is 4. The van der Waals surface area contributed by atoms with Gasteiger partial charge in [-0.2, -0.15) is 4.98 Å². The molecule has 1 atom stereocenters. The zero-order valence-electron chi connectivity index (χ0n) is 14.1. The monoisotopic (exact) mass is 363 g/mol. The lowest BCUT2D eigenvalue weighted by molar-refractivity contribution is -0.119. The Morgan fingerprint density at radius 3 is 3.00 bits per heavy atom. The Balaban J connectivity index is 0.00000182. The molecule has 4 rings (SSSR count). The van der Waals surface area contributed by atoms with Crippen molar-refractivity contribution in [2.45, 2.75) is 25.4 Å². The molecule has 0 saturated carbocycles. The van der Waals surface area contributed by atoms with Gasteiger partial charge < -0.3 is 14.7 Å². The number of nitrogens with one attached hydrogen (secondary N) is 1. The number of fused-ring (bicyclic) bond motifs is 1. The molecule has 7 nitrogen and oxygen atoms in total. The van der Waals surface area contributed by atoms with Crippen molar-refractivity contribution in [3.63, 3.8) is 0 Å². The first-order valence-electron chi connectivity index (χ1n) is 8.34. The second-order valence-electron chi connectivity index (χ2n) is 6.36. The Labute approximate surface area is 152 Å². The van der Waals surface area contributed by atoms with Crippen molar-refractivity contribution in [3.05, 3.63) is 41.5 Å². The Morgan fingerprint density at radius 1 is 1.32 bits per heavy atom. The van der Waals surface area contributed by atoms with Crippen molar-refractivity contribution in [2.24, 2.45) is 0 Å².